The lowest BCUT2D eigenvalue weighted by atomic mass is 9.88. The standard InChI is InChI=1S/C15H23N3O3/c1-9-11(8-16-10(2)17-9)13(19)18-12(14(20)21)6-7-15(3,4)5/h8,12H,6-7H2,1-5H3,(H,18,19)(H,20,21). The van der Waals surface area contributed by atoms with Crippen LogP contribution in [0.5, 0.6) is 0 Å². The zero-order valence-corrected chi connectivity index (χ0v) is 13.2. The number of carboxylic acids is 1. The summed E-state index contributed by atoms with van der Waals surface area (Å²) in [6.07, 6.45) is 2.51. The Morgan fingerprint density at radius 1 is 1.33 bits per heavy atom. The highest BCUT2D eigenvalue weighted by Gasteiger charge is 2.24. The summed E-state index contributed by atoms with van der Waals surface area (Å²) in [5.41, 5.74) is 0.865. The molecule has 0 fully saturated rings. The van der Waals surface area contributed by atoms with Gasteiger partial charge in [0.15, 0.2) is 0 Å². The summed E-state index contributed by atoms with van der Waals surface area (Å²) >= 11 is 0. The molecule has 1 heterocycles. The Kier molecular flexibility index (Phi) is 5.41. The highest BCUT2D eigenvalue weighted by molar-refractivity contribution is 5.97. The summed E-state index contributed by atoms with van der Waals surface area (Å²) in [5.74, 6) is -0.904. The number of nitrogens with one attached hydrogen (secondary N) is 1. The lowest BCUT2D eigenvalue weighted by molar-refractivity contribution is -0.139. The molecule has 116 valence electrons. The van der Waals surface area contributed by atoms with Crippen LogP contribution in [0, 0.1) is 19.3 Å². The number of nitrogens with zero attached hydrogens (tertiary/aromatic N) is 2. The molecule has 0 saturated carbocycles. The van der Waals surface area contributed by atoms with E-state index in [1.54, 1.807) is 13.8 Å². The van der Waals surface area contributed by atoms with Crippen LogP contribution in [0.25, 0.3) is 0 Å². The minimum absolute atomic E-state index is 0.0152. The van der Waals surface area contributed by atoms with Gasteiger partial charge in [0.05, 0.1) is 11.3 Å². The van der Waals surface area contributed by atoms with Gasteiger partial charge in [-0.05, 0) is 32.1 Å². The van der Waals surface area contributed by atoms with Crippen molar-refractivity contribution < 1.29 is 14.7 Å². The van der Waals surface area contributed by atoms with Crippen LogP contribution in [0.2, 0.25) is 0 Å². The zero-order chi connectivity index (χ0) is 16.2. The lowest BCUT2D eigenvalue weighted by Gasteiger charge is -2.21. The van der Waals surface area contributed by atoms with Crippen LogP contribution >= 0.6 is 0 Å². The Bertz CT molecular complexity index is 535. The van der Waals surface area contributed by atoms with Gasteiger partial charge in [0.1, 0.15) is 11.9 Å². The van der Waals surface area contributed by atoms with Gasteiger partial charge in [-0.25, -0.2) is 14.8 Å². The molecule has 1 aromatic heterocycles. The Morgan fingerprint density at radius 2 is 1.95 bits per heavy atom. The maximum Gasteiger partial charge on any atom is 0.326 e. The third-order valence-corrected chi connectivity index (χ3v) is 3.13. The molecule has 21 heavy (non-hydrogen) atoms. The van der Waals surface area contributed by atoms with Gasteiger partial charge in [0.25, 0.3) is 5.91 Å². The lowest BCUT2D eigenvalue weighted by Crippen LogP contribution is -2.41. The number of aliphatic carboxylic acids is 1. The number of carbonyl (C=O) groups excluding carboxylic acids is 1. The first-order valence-corrected chi connectivity index (χ1v) is 6.94. The molecule has 0 radical (unpaired) electrons. The number of carboxylic acid groups (broad SMARTS) is 1. The van der Waals surface area contributed by atoms with Crippen LogP contribution in [-0.2, 0) is 4.79 Å². The first-order chi connectivity index (χ1) is 9.60. The third-order valence-electron chi connectivity index (χ3n) is 3.13. The van der Waals surface area contributed by atoms with Crippen molar-refractivity contribution in [2.75, 3.05) is 0 Å². The van der Waals surface area contributed by atoms with E-state index < -0.39 is 17.9 Å². The molecular weight excluding hydrogens is 270 g/mol. The summed E-state index contributed by atoms with van der Waals surface area (Å²) in [7, 11) is 0. The van der Waals surface area contributed by atoms with E-state index in [0.717, 1.165) is 0 Å². The van der Waals surface area contributed by atoms with E-state index in [-0.39, 0.29) is 5.41 Å². The van der Waals surface area contributed by atoms with Crippen molar-refractivity contribution in [2.24, 2.45) is 5.41 Å². The van der Waals surface area contributed by atoms with E-state index in [9.17, 15) is 14.7 Å². The van der Waals surface area contributed by atoms with Crippen LogP contribution in [-0.4, -0.2) is 33.0 Å². The zero-order valence-electron chi connectivity index (χ0n) is 13.2. The van der Waals surface area contributed by atoms with Gasteiger partial charge in [-0.15, -0.1) is 0 Å². The number of aryl methyl sites for hydroxylation is 2. The minimum atomic E-state index is -1.03. The highest BCUT2D eigenvalue weighted by atomic mass is 16.4. The van der Waals surface area contributed by atoms with Gasteiger partial charge in [-0.3, -0.25) is 4.79 Å². The molecule has 1 amide bonds. The molecule has 1 rings (SSSR count). The summed E-state index contributed by atoms with van der Waals surface area (Å²) < 4.78 is 0. The number of amides is 1. The molecule has 1 unspecified atom stereocenters. The second-order valence-electron chi connectivity index (χ2n) is 6.38. The van der Waals surface area contributed by atoms with Gasteiger partial charge in [-0.1, -0.05) is 20.8 Å². The van der Waals surface area contributed by atoms with E-state index in [2.05, 4.69) is 15.3 Å². The molecule has 1 aromatic rings. The fourth-order valence-corrected chi connectivity index (χ4v) is 1.88. The number of hydrogen-bond donors (Lipinski definition) is 2. The Morgan fingerprint density at radius 3 is 2.43 bits per heavy atom. The van der Waals surface area contributed by atoms with Crippen molar-refractivity contribution >= 4 is 11.9 Å². The Balaban J connectivity index is 2.79. The number of aromatic nitrogens is 2. The normalized spacial score (nSPS) is 12.8. The van der Waals surface area contributed by atoms with Gasteiger partial charge < -0.3 is 10.4 Å². The van der Waals surface area contributed by atoms with Gasteiger partial charge in [0.2, 0.25) is 0 Å². The van der Waals surface area contributed by atoms with E-state index in [0.29, 0.717) is 29.9 Å². The van der Waals surface area contributed by atoms with Crippen LogP contribution in [0.1, 0.15) is 55.5 Å². The molecule has 0 aliphatic heterocycles. The van der Waals surface area contributed by atoms with Crippen molar-refractivity contribution in [1.82, 2.24) is 15.3 Å². The van der Waals surface area contributed by atoms with Gasteiger partial charge in [-0.2, -0.15) is 0 Å². The smallest absolute Gasteiger partial charge is 0.326 e. The number of carbonyl (C=O) groups is 2. The average Bonchev–Trinajstić information content (AvgIpc) is 2.32. The van der Waals surface area contributed by atoms with Crippen LogP contribution in [0.15, 0.2) is 6.20 Å². The average molecular weight is 293 g/mol. The third kappa shape index (κ3) is 5.49. The molecule has 0 spiro atoms. The summed E-state index contributed by atoms with van der Waals surface area (Å²) in [5, 5.41) is 11.8. The molecule has 0 aliphatic rings. The van der Waals surface area contributed by atoms with E-state index >= 15 is 0 Å². The molecule has 0 bridgehead atoms. The molecule has 0 aliphatic carbocycles. The van der Waals surface area contributed by atoms with Crippen molar-refractivity contribution in [3.63, 3.8) is 0 Å². The first kappa shape index (κ1) is 17.1. The second kappa shape index (κ2) is 6.65. The fraction of sp³-hybridized carbons (Fsp3) is 0.600. The summed E-state index contributed by atoms with van der Waals surface area (Å²) in [6, 6.07) is -0.905. The quantitative estimate of drug-likeness (QED) is 0.867. The molecule has 6 heteroatoms. The number of hydrogen-bond acceptors (Lipinski definition) is 4. The van der Waals surface area contributed by atoms with Crippen molar-refractivity contribution in [3.05, 3.63) is 23.3 Å². The summed E-state index contributed by atoms with van der Waals surface area (Å²) in [4.78, 5) is 31.5. The maximum atomic E-state index is 12.2. The second-order valence-corrected chi connectivity index (χ2v) is 6.38. The van der Waals surface area contributed by atoms with Crippen molar-refractivity contribution in [3.8, 4) is 0 Å². The van der Waals surface area contributed by atoms with Crippen molar-refractivity contribution in [2.45, 2.75) is 53.5 Å². The predicted molar refractivity (Wildman–Crippen MR) is 79.1 cm³/mol. The van der Waals surface area contributed by atoms with E-state index in [4.69, 9.17) is 0 Å². The molecule has 1 atom stereocenters. The molecule has 6 nitrogen and oxygen atoms in total. The Labute approximate surface area is 125 Å². The highest BCUT2D eigenvalue weighted by Crippen LogP contribution is 2.21. The largest absolute Gasteiger partial charge is 0.480 e. The van der Waals surface area contributed by atoms with Crippen LogP contribution in [0.4, 0.5) is 0 Å². The Hall–Kier alpha value is -1.98. The van der Waals surface area contributed by atoms with Gasteiger partial charge in [0, 0.05) is 6.20 Å². The molecule has 0 aromatic carbocycles. The molecule has 0 saturated heterocycles. The van der Waals surface area contributed by atoms with Gasteiger partial charge >= 0.3 is 5.97 Å². The van der Waals surface area contributed by atoms with Crippen molar-refractivity contribution in [1.29, 1.82) is 0 Å². The van der Waals surface area contributed by atoms with E-state index in [1.807, 2.05) is 20.8 Å². The van der Waals surface area contributed by atoms with E-state index in [1.165, 1.54) is 6.20 Å². The monoisotopic (exact) mass is 293 g/mol. The molecule has 2 N–H and O–H groups in total. The summed E-state index contributed by atoms with van der Waals surface area (Å²) in [6.45, 7) is 9.54. The number of rotatable bonds is 5. The maximum absolute atomic E-state index is 12.2. The van der Waals surface area contributed by atoms with Crippen LogP contribution < -0.4 is 5.32 Å². The fourth-order valence-electron chi connectivity index (χ4n) is 1.88. The predicted octanol–water partition coefficient (Wildman–Crippen LogP) is 2.10. The molecular formula is C15H23N3O3. The van der Waals surface area contributed by atoms with Crippen LogP contribution in [0.3, 0.4) is 0 Å². The SMILES string of the molecule is Cc1ncc(C(=O)NC(CCC(C)(C)C)C(=O)O)c(C)n1. The first-order valence-electron chi connectivity index (χ1n) is 6.94. The topological polar surface area (TPSA) is 92.2 Å². The minimum Gasteiger partial charge on any atom is -0.480 e.